The SMILES string of the molecule is CC(C)(C)C(=O)CN(Cc1nccn1CC(=O)O)Cc1nccn1CC(=O)O. The topological polar surface area (TPSA) is 131 Å². The van der Waals surface area contributed by atoms with E-state index in [2.05, 4.69) is 9.97 Å². The Morgan fingerprint density at radius 2 is 1.36 bits per heavy atom. The molecule has 0 fully saturated rings. The largest absolute Gasteiger partial charge is 0.480 e. The normalized spacial score (nSPS) is 11.7. The van der Waals surface area contributed by atoms with Crippen molar-refractivity contribution < 1.29 is 24.6 Å². The van der Waals surface area contributed by atoms with Gasteiger partial charge in [0.2, 0.25) is 0 Å². The van der Waals surface area contributed by atoms with Crippen molar-refractivity contribution in [3.8, 4) is 0 Å². The Kier molecular flexibility index (Phi) is 6.68. The van der Waals surface area contributed by atoms with E-state index in [0.717, 1.165) is 0 Å². The van der Waals surface area contributed by atoms with Crippen LogP contribution in [0.2, 0.25) is 0 Å². The number of carboxylic acid groups (broad SMARTS) is 2. The van der Waals surface area contributed by atoms with Gasteiger partial charge in [-0.15, -0.1) is 0 Å². The molecule has 0 unspecified atom stereocenters. The summed E-state index contributed by atoms with van der Waals surface area (Å²) in [6, 6.07) is 0. The highest BCUT2D eigenvalue weighted by Crippen LogP contribution is 2.17. The molecule has 0 saturated heterocycles. The lowest BCUT2D eigenvalue weighted by Gasteiger charge is -2.25. The number of Topliss-reactive ketones (excluding diaryl/α,β-unsaturated/α-hetero) is 1. The molecule has 2 rings (SSSR count). The van der Waals surface area contributed by atoms with E-state index in [1.165, 1.54) is 21.5 Å². The van der Waals surface area contributed by atoms with Gasteiger partial charge >= 0.3 is 11.9 Å². The van der Waals surface area contributed by atoms with Crippen molar-refractivity contribution in [3.63, 3.8) is 0 Å². The molecule has 0 saturated carbocycles. The number of hydrogen-bond donors (Lipinski definition) is 2. The van der Waals surface area contributed by atoms with Crippen molar-refractivity contribution in [1.82, 2.24) is 24.0 Å². The number of carbonyl (C=O) groups excluding carboxylic acids is 1. The first-order valence-corrected chi connectivity index (χ1v) is 8.75. The molecule has 2 aromatic heterocycles. The van der Waals surface area contributed by atoms with E-state index < -0.39 is 17.4 Å². The third-order valence-electron chi connectivity index (χ3n) is 4.15. The number of rotatable bonds is 10. The van der Waals surface area contributed by atoms with E-state index in [4.69, 9.17) is 10.2 Å². The summed E-state index contributed by atoms with van der Waals surface area (Å²) in [5.41, 5.74) is -0.550. The molecule has 10 nitrogen and oxygen atoms in total. The summed E-state index contributed by atoms with van der Waals surface area (Å²) >= 11 is 0. The predicted octanol–water partition coefficient (Wildman–Crippen LogP) is 0.866. The standard InChI is InChI=1S/C18H25N5O5/c1-18(2,3)13(24)8-21(9-14-19-4-6-22(14)11-16(25)26)10-15-20-5-7-23(15)12-17(27)28/h4-7H,8-12H2,1-3H3,(H,25,26)(H,27,28). The molecule has 0 bridgehead atoms. The Hall–Kier alpha value is -3.01. The van der Waals surface area contributed by atoms with Gasteiger partial charge in [0, 0.05) is 30.2 Å². The maximum absolute atomic E-state index is 12.6. The summed E-state index contributed by atoms with van der Waals surface area (Å²) in [6.45, 7) is 5.56. The molecule has 0 radical (unpaired) electrons. The summed E-state index contributed by atoms with van der Waals surface area (Å²) in [6.07, 6.45) is 6.15. The second-order valence-corrected chi connectivity index (χ2v) is 7.55. The predicted molar refractivity (Wildman–Crippen MR) is 98.3 cm³/mol. The highest BCUT2D eigenvalue weighted by molar-refractivity contribution is 5.85. The lowest BCUT2D eigenvalue weighted by Crippen LogP contribution is -2.36. The highest BCUT2D eigenvalue weighted by Gasteiger charge is 2.25. The zero-order chi connectivity index (χ0) is 20.9. The zero-order valence-electron chi connectivity index (χ0n) is 16.2. The van der Waals surface area contributed by atoms with Crippen molar-refractivity contribution in [1.29, 1.82) is 0 Å². The van der Waals surface area contributed by atoms with Gasteiger partial charge in [-0.3, -0.25) is 19.3 Å². The third kappa shape index (κ3) is 6.02. The van der Waals surface area contributed by atoms with Gasteiger partial charge in [0.25, 0.3) is 0 Å². The lowest BCUT2D eigenvalue weighted by atomic mass is 9.90. The van der Waals surface area contributed by atoms with E-state index in [9.17, 15) is 14.4 Å². The summed E-state index contributed by atoms with van der Waals surface area (Å²) < 4.78 is 3.00. The molecule has 28 heavy (non-hydrogen) atoms. The Bertz CT molecular complexity index is 792. The zero-order valence-corrected chi connectivity index (χ0v) is 16.2. The van der Waals surface area contributed by atoms with Gasteiger partial charge in [0.1, 0.15) is 24.7 Å². The van der Waals surface area contributed by atoms with Crippen molar-refractivity contribution in [3.05, 3.63) is 36.4 Å². The van der Waals surface area contributed by atoms with Crippen molar-refractivity contribution in [2.75, 3.05) is 6.54 Å². The number of carbonyl (C=O) groups is 3. The van der Waals surface area contributed by atoms with Gasteiger partial charge in [-0.25, -0.2) is 9.97 Å². The fraction of sp³-hybridized carbons (Fsp3) is 0.500. The van der Waals surface area contributed by atoms with Gasteiger partial charge in [-0.1, -0.05) is 20.8 Å². The van der Waals surface area contributed by atoms with Crippen molar-refractivity contribution >= 4 is 17.7 Å². The van der Waals surface area contributed by atoms with E-state index in [-0.39, 0.29) is 38.5 Å². The molecular formula is C18H25N5O5. The maximum Gasteiger partial charge on any atom is 0.323 e. The van der Waals surface area contributed by atoms with Gasteiger partial charge in [-0.2, -0.15) is 0 Å². The quantitative estimate of drug-likeness (QED) is 0.610. The first-order chi connectivity index (χ1) is 13.1. The summed E-state index contributed by atoms with van der Waals surface area (Å²) in [5.74, 6) is -0.983. The fourth-order valence-electron chi connectivity index (χ4n) is 2.57. The fourth-order valence-corrected chi connectivity index (χ4v) is 2.57. The van der Waals surface area contributed by atoms with Crippen LogP contribution in [-0.4, -0.2) is 58.5 Å². The van der Waals surface area contributed by atoms with Crippen LogP contribution in [0, 0.1) is 5.41 Å². The van der Waals surface area contributed by atoms with Gasteiger partial charge < -0.3 is 19.3 Å². The number of ketones is 1. The summed E-state index contributed by atoms with van der Waals surface area (Å²) in [4.78, 5) is 44.8. The average molecular weight is 391 g/mol. The smallest absolute Gasteiger partial charge is 0.323 e. The number of nitrogens with zero attached hydrogens (tertiary/aromatic N) is 5. The average Bonchev–Trinajstić information content (AvgIpc) is 3.15. The van der Waals surface area contributed by atoms with Crippen LogP contribution in [0.5, 0.6) is 0 Å². The number of aromatic nitrogens is 4. The summed E-state index contributed by atoms with van der Waals surface area (Å²) in [5, 5.41) is 18.1. The molecule has 0 spiro atoms. The maximum atomic E-state index is 12.6. The van der Waals surface area contributed by atoms with E-state index >= 15 is 0 Å². The minimum atomic E-state index is -0.992. The molecule has 0 aliphatic carbocycles. The first kappa shape index (κ1) is 21.3. The number of aliphatic carboxylic acids is 2. The van der Waals surface area contributed by atoms with Crippen LogP contribution in [0.15, 0.2) is 24.8 Å². The van der Waals surface area contributed by atoms with E-state index in [0.29, 0.717) is 11.6 Å². The van der Waals surface area contributed by atoms with Crippen LogP contribution >= 0.6 is 0 Å². The molecule has 0 amide bonds. The molecule has 10 heteroatoms. The van der Waals surface area contributed by atoms with Gasteiger partial charge in [0.15, 0.2) is 5.78 Å². The Morgan fingerprint density at radius 1 is 0.929 bits per heavy atom. The minimum absolute atomic E-state index is 0.000168. The van der Waals surface area contributed by atoms with Crippen LogP contribution < -0.4 is 0 Å². The Morgan fingerprint density at radius 3 is 1.71 bits per heavy atom. The van der Waals surface area contributed by atoms with Crippen LogP contribution in [0.25, 0.3) is 0 Å². The van der Waals surface area contributed by atoms with Gasteiger partial charge in [0.05, 0.1) is 19.6 Å². The molecule has 2 aromatic rings. The monoisotopic (exact) mass is 391 g/mol. The minimum Gasteiger partial charge on any atom is -0.480 e. The number of imidazole rings is 2. The molecule has 0 aliphatic rings. The van der Waals surface area contributed by atoms with Crippen LogP contribution in [-0.2, 0) is 40.6 Å². The molecular weight excluding hydrogens is 366 g/mol. The highest BCUT2D eigenvalue weighted by atomic mass is 16.4. The van der Waals surface area contributed by atoms with Crippen LogP contribution in [0.3, 0.4) is 0 Å². The number of hydrogen-bond acceptors (Lipinski definition) is 6. The molecule has 0 aromatic carbocycles. The molecule has 152 valence electrons. The molecule has 0 atom stereocenters. The molecule has 2 heterocycles. The number of carboxylic acids is 2. The van der Waals surface area contributed by atoms with Crippen molar-refractivity contribution in [2.45, 2.75) is 47.0 Å². The Balaban J connectivity index is 2.24. The summed E-state index contributed by atoms with van der Waals surface area (Å²) in [7, 11) is 0. The van der Waals surface area contributed by atoms with E-state index in [1.807, 2.05) is 20.8 Å². The third-order valence-corrected chi connectivity index (χ3v) is 4.15. The van der Waals surface area contributed by atoms with Crippen LogP contribution in [0.1, 0.15) is 32.4 Å². The van der Waals surface area contributed by atoms with Crippen LogP contribution in [0.4, 0.5) is 0 Å². The van der Waals surface area contributed by atoms with E-state index in [1.54, 1.807) is 17.3 Å². The van der Waals surface area contributed by atoms with Crippen molar-refractivity contribution in [2.24, 2.45) is 5.41 Å². The van der Waals surface area contributed by atoms with Gasteiger partial charge in [-0.05, 0) is 0 Å². The second kappa shape index (κ2) is 8.79. The second-order valence-electron chi connectivity index (χ2n) is 7.55. The lowest BCUT2D eigenvalue weighted by molar-refractivity contribution is -0.138. The molecule has 2 N–H and O–H groups in total. The first-order valence-electron chi connectivity index (χ1n) is 8.75. The molecule has 0 aliphatic heterocycles. The Labute approximate surface area is 162 Å².